The summed E-state index contributed by atoms with van der Waals surface area (Å²) in [6.07, 6.45) is 4.62. The third-order valence-corrected chi connectivity index (χ3v) is 9.73. The highest BCUT2D eigenvalue weighted by Gasteiger charge is 2.35. The molecule has 250 valence electrons. The average Bonchev–Trinajstić information content (AvgIpc) is 3.77. The molecule has 0 radical (unpaired) electrons. The van der Waals surface area contributed by atoms with E-state index >= 15 is 0 Å². The van der Waals surface area contributed by atoms with Gasteiger partial charge in [0.15, 0.2) is 17.2 Å². The molecule has 5 N–H and O–H groups in total. The third kappa shape index (κ3) is 6.37. The van der Waals surface area contributed by atoms with Gasteiger partial charge in [0.1, 0.15) is 5.69 Å². The minimum atomic E-state index is -0.697. The van der Waals surface area contributed by atoms with Gasteiger partial charge >= 0.3 is 0 Å². The molecule has 4 saturated heterocycles. The highest BCUT2D eigenvalue weighted by molar-refractivity contribution is 5.99. The molecule has 0 aromatic heterocycles. The number of nitrogens with two attached hydrogens (primary N) is 1. The van der Waals surface area contributed by atoms with E-state index < -0.39 is 10.9 Å². The summed E-state index contributed by atoms with van der Waals surface area (Å²) in [5.74, 6) is -0.724. The molecular weight excluding hydrogens is 604 g/mol. The molecule has 4 aliphatic rings. The molecule has 2 unspecified atom stereocenters. The van der Waals surface area contributed by atoms with Crippen molar-refractivity contribution in [1.82, 2.24) is 19.6 Å². The second kappa shape index (κ2) is 13.6. The first kappa shape index (κ1) is 32.3. The molecule has 4 heterocycles. The van der Waals surface area contributed by atoms with Gasteiger partial charge < -0.3 is 35.8 Å². The van der Waals surface area contributed by atoms with Crippen molar-refractivity contribution in [1.29, 1.82) is 0 Å². The maximum Gasteiger partial charge on any atom is 0.272 e. The molecule has 0 saturated carbocycles. The Labute approximate surface area is 272 Å². The number of carbonyl (C=O) groups excluding carboxylic acids is 2. The quantitative estimate of drug-likeness (QED) is 0.175. The lowest BCUT2D eigenvalue weighted by atomic mass is 10.1. The van der Waals surface area contributed by atoms with E-state index in [1.165, 1.54) is 6.42 Å². The SMILES string of the molecule is CCOc1c(Nc2cccc(C(=O)N3CCN4CCCC4C3)c2O)c(=O)c1=O.Nc1cccc(C(=O)N2CCN3CCCC3C2)c1O. The number of anilines is 3. The van der Waals surface area contributed by atoms with E-state index in [-0.39, 0.29) is 58.3 Å². The molecule has 13 heteroatoms. The van der Waals surface area contributed by atoms with Crippen molar-refractivity contribution in [2.45, 2.75) is 44.7 Å². The van der Waals surface area contributed by atoms with E-state index in [0.29, 0.717) is 30.7 Å². The highest BCUT2D eigenvalue weighted by atomic mass is 16.5. The molecule has 7 rings (SSSR count). The van der Waals surface area contributed by atoms with Gasteiger partial charge in [0, 0.05) is 51.4 Å². The Morgan fingerprint density at radius 3 is 1.94 bits per heavy atom. The molecule has 0 aliphatic carbocycles. The van der Waals surface area contributed by atoms with Crippen LogP contribution in [0.5, 0.6) is 17.2 Å². The number of hydrogen-bond donors (Lipinski definition) is 4. The number of benzene rings is 2. The summed E-state index contributed by atoms with van der Waals surface area (Å²) in [6, 6.07) is 10.6. The van der Waals surface area contributed by atoms with Crippen molar-refractivity contribution in [2.24, 2.45) is 0 Å². The fraction of sp³-hybridized carbons (Fsp3) is 0.471. The van der Waals surface area contributed by atoms with Crippen LogP contribution in [0.1, 0.15) is 53.3 Å². The van der Waals surface area contributed by atoms with Crippen LogP contribution >= 0.6 is 0 Å². The Hall–Kier alpha value is -4.62. The Balaban J connectivity index is 0.000000177. The Morgan fingerprint density at radius 2 is 1.36 bits per heavy atom. The van der Waals surface area contributed by atoms with Crippen LogP contribution in [0.2, 0.25) is 0 Å². The summed E-state index contributed by atoms with van der Waals surface area (Å²) in [5.41, 5.74) is 5.20. The first-order valence-corrected chi connectivity index (χ1v) is 16.4. The number of carbonyl (C=O) groups is 2. The zero-order valence-electron chi connectivity index (χ0n) is 26.6. The minimum absolute atomic E-state index is 0.00585. The summed E-state index contributed by atoms with van der Waals surface area (Å²) in [7, 11) is 0. The Morgan fingerprint density at radius 1 is 0.809 bits per heavy atom. The van der Waals surface area contributed by atoms with Gasteiger partial charge in [-0.15, -0.1) is 0 Å². The number of phenolic OH excluding ortho intramolecular Hbond substituents is 2. The lowest BCUT2D eigenvalue weighted by Gasteiger charge is -2.37. The van der Waals surface area contributed by atoms with E-state index in [1.54, 1.807) is 48.2 Å². The van der Waals surface area contributed by atoms with Crippen molar-refractivity contribution in [3.63, 3.8) is 0 Å². The summed E-state index contributed by atoms with van der Waals surface area (Å²) >= 11 is 0. The molecule has 3 aromatic rings. The minimum Gasteiger partial charge on any atom is -0.505 e. The number of nitrogens with one attached hydrogen (secondary N) is 1. The number of nitrogen functional groups attached to an aromatic ring is 1. The van der Waals surface area contributed by atoms with Crippen molar-refractivity contribution < 1.29 is 24.5 Å². The summed E-state index contributed by atoms with van der Waals surface area (Å²) in [4.78, 5) is 57.3. The zero-order valence-corrected chi connectivity index (χ0v) is 26.6. The smallest absolute Gasteiger partial charge is 0.272 e. The Kier molecular flexibility index (Phi) is 9.37. The van der Waals surface area contributed by atoms with Gasteiger partial charge in [-0.05, 0) is 70.0 Å². The van der Waals surface area contributed by atoms with Crippen LogP contribution in [0.15, 0.2) is 46.0 Å². The zero-order chi connectivity index (χ0) is 33.2. The van der Waals surface area contributed by atoms with Gasteiger partial charge in [-0.2, -0.15) is 0 Å². The number of phenols is 2. The van der Waals surface area contributed by atoms with Crippen LogP contribution < -0.4 is 26.6 Å². The van der Waals surface area contributed by atoms with E-state index in [2.05, 4.69) is 15.1 Å². The molecule has 4 aliphatic heterocycles. The van der Waals surface area contributed by atoms with Crippen LogP contribution in [0.4, 0.5) is 17.1 Å². The normalized spacial score (nSPS) is 21.1. The number of piperazine rings is 2. The van der Waals surface area contributed by atoms with Crippen LogP contribution in [0.3, 0.4) is 0 Å². The number of rotatable bonds is 6. The summed E-state index contributed by atoms with van der Waals surface area (Å²) < 4.78 is 5.18. The number of nitrogens with zero attached hydrogens (tertiary/aromatic N) is 4. The molecule has 0 bridgehead atoms. The van der Waals surface area contributed by atoms with E-state index in [1.807, 2.05) is 4.90 Å². The van der Waals surface area contributed by atoms with Gasteiger partial charge in [0.25, 0.3) is 22.7 Å². The lowest BCUT2D eigenvalue weighted by molar-refractivity contribution is 0.0563. The molecule has 13 nitrogen and oxygen atoms in total. The topological polar surface area (TPSA) is 169 Å². The van der Waals surface area contributed by atoms with E-state index in [4.69, 9.17) is 10.5 Å². The molecule has 2 atom stereocenters. The number of amides is 2. The molecule has 0 spiro atoms. The van der Waals surface area contributed by atoms with Gasteiger partial charge in [-0.3, -0.25) is 29.0 Å². The molecule has 4 fully saturated rings. The van der Waals surface area contributed by atoms with Gasteiger partial charge in [0.2, 0.25) is 0 Å². The average molecular weight is 647 g/mol. The van der Waals surface area contributed by atoms with Crippen LogP contribution in [-0.2, 0) is 0 Å². The maximum absolute atomic E-state index is 13.0. The molecule has 47 heavy (non-hydrogen) atoms. The van der Waals surface area contributed by atoms with E-state index in [9.17, 15) is 29.4 Å². The predicted molar refractivity (Wildman–Crippen MR) is 177 cm³/mol. The van der Waals surface area contributed by atoms with Gasteiger partial charge in [-0.1, -0.05) is 12.1 Å². The number of para-hydroxylation sites is 2. The summed E-state index contributed by atoms with van der Waals surface area (Å²) in [5, 5.41) is 23.3. The van der Waals surface area contributed by atoms with Gasteiger partial charge in [-0.25, -0.2) is 0 Å². The molecule has 2 amide bonds. The number of fused-ring (bicyclic) bond motifs is 2. The maximum atomic E-state index is 13.0. The Bertz CT molecular complexity index is 1720. The van der Waals surface area contributed by atoms with Crippen LogP contribution in [-0.4, -0.2) is 113 Å². The van der Waals surface area contributed by atoms with Crippen molar-refractivity contribution >= 4 is 28.9 Å². The largest absolute Gasteiger partial charge is 0.505 e. The van der Waals surface area contributed by atoms with Crippen molar-refractivity contribution in [2.75, 3.05) is 70.0 Å². The first-order chi connectivity index (χ1) is 22.7. The van der Waals surface area contributed by atoms with Crippen LogP contribution in [0, 0.1) is 0 Å². The highest BCUT2D eigenvalue weighted by Crippen LogP contribution is 2.34. The number of hydrogen-bond acceptors (Lipinski definition) is 11. The van der Waals surface area contributed by atoms with E-state index in [0.717, 1.165) is 58.5 Å². The third-order valence-electron chi connectivity index (χ3n) is 9.73. The van der Waals surface area contributed by atoms with Gasteiger partial charge in [0.05, 0.1) is 29.1 Å². The molecular formula is C34H42N6O7. The first-order valence-electron chi connectivity index (χ1n) is 16.4. The van der Waals surface area contributed by atoms with Crippen molar-refractivity contribution in [3.8, 4) is 17.2 Å². The van der Waals surface area contributed by atoms with Crippen molar-refractivity contribution in [3.05, 3.63) is 68.0 Å². The standard InChI is InChI=1S/C20H23N3O5.C14H19N3O2/c1-2-28-19-15(17(25)18(19)26)21-14-7-3-6-13(16(14)24)20(27)23-10-9-22-8-4-5-12(22)11-23;15-12-5-1-4-11(13(12)18)14(19)17-8-7-16-6-2-3-10(16)9-17/h3,6-7,12,21,24H,2,4-5,8-11H2,1H3;1,4-5,10,18H,2-3,6-9,15H2. The molecule has 3 aromatic carbocycles. The number of aromatic hydroxyl groups is 2. The lowest BCUT2D eigenvalue weighted by Crippen LogP contribution is -2.52. The fourth-order valence-electron chi connectivity index (χ4n) is 7.14. The predicted octanol–water partition coefficient (Wildman–Crippen LogP) is 1.95. The monoisotopic (exact) mass is 646 g/mol. The second-order valence-electron chi connectivity index (χ2n) is 12.5. The second-order valence-corrected chi connectivity index (χ2v) is 12.5. The summed E-state index contributed by atoms with van der Waals surface area (Å²) in [6.45, 7) is 8.73. The number of ether oxygens (including phenoxy) is 1. The fourth-order valence-corrected chi connectivity index (χ4v) is 7.14. The van der Waals surface area contributed by atoms with Crippen LogP contribution in [0.25, 0.3) is 0 Å².